The second kappa shape index (κ2) is 5.18. The minimum atomic E-state index is 0.913. The third kappa shape index (κ3) is 3.59. The molecule has 64 valence electrons. The Hall–Kier alpha value is 0.470. The SMILES string of the molecule is CC/C(I)=C/C1CCCCC1. The lowest BCUT2D eigenvalue weighted by molar-refractivity contribution is 0.418. The van der Waals surface area contributed by atoms with Crippen LogP contribution in [0.15, 0.2) is 9.66 Å². The average molecular weight is 264 g/mol. The van der Waals surface area contributed by atoms with E-state index in [-0.39, 0.29) is 0 Å². The zero-order valence-electron chi connectivity index (χ0n) is 7.28. The molecular formula is C10H17I. The quantitative estimate of drug-likeness (QED) is 0.652. The summed E-state index contributed by atoms with van der Waals surface area (Å²) in [5, 5.41) is 0. The Morgan fingerprint density at radius 3 is 2.55 bits per heavy atom. The Kier molecular flexibility index (Phi) is 4.50. The summed E-state index contributed by atoms with van der Waals surface area (Å²) in [5.41, 5.74) is 0. The molecule has 0 aromatic rings. The van der Waals surface area contributed by atoms with E-state index in [1.807, 2.05) is 0 Å². The smallest absolute Gasteiger partial charge is 0.0134 e. The monoisotopic (exact) mass is 264 g/mol. The first kappa shape index (κ1) is 9.56. The second-order valence-corrected chi connectivity index (χ2v) is 4.75. The van der Waals surface area contributed by atoms with Gasteiger partial charge in [0.25, 0.3) is 0 Å². The highest BCUT2D eigenvalue weighted by molar-refractivity contribution is 14.1. The molecule has 0 nitrogen and oxygen atoms in total. The molecule has 0 amide bonds. The van der Waals surface area contributed by atoms with E-state index in [0.717, 1.165) is 5.92 Å². The maximum absolute atomic E-state index is 2.49. The van der Waals surface area contributed by atoms with Crippen LogP contribution in [0.4, 0.5) is 0 Å². The van der Waals surface area contributed by atoms with Gasteiger partial charge >= 0.3 is 0 Å². The van der Waals surface area contributed by atoms with Gasteiger partial charge in [0.2, 0.25) is 0 Å². The molecule has 0 heterocycles. The van der Waals surface area contributed by atoms with Crippen molar-refractivity contribution in [3.63, 3.8) is 0 Å². The minimum Gasteiger partial charge on any atom is -0.0721 e. The van der Waals surface area contributed by atoms with Gasteiger partial charge < -0.3 is 0 Å². The van der Waals surface area contributed by atoms with Crippen molar-refractivity contribution in [2.45, 2.75) is 45.4 Å². The Morgan fingerprint density at radius 2 is 2.00 bits per heavy atom. The molecule has 1 rings (SSSR count). The van der Waals surface area contributed by atoms with Crippen LogP contribution in [0.5, 0.6) is 0 Å². The van der Waals surface area contributed by atoms with Crippen LogP contribution in [0.2, 0.25) is 0 Å². The average Bonchev–Trinajstić information content (AvgIpc) is 2.06. The van der Waals surface area contributed by atoms with Crippen molar-refractivity contribution >= 4 is 22.6 Å². The van der Waals surface area contributed by atoms with Crippen molar-refractivity contribution in [1.29, 1.82) is 0 Å². The van der Waals surface area contributed by atoms with Crippen LogP contribution in [0.25, 0.3) is 0 Å². The summed E-state index contributed by atoms with van der Waals surface area (Å²) in [7, 11) is 0. The van der Waals surface area contributed by atoms with Crippen molar-refractivity contribution in [3.05, 3.63) is 9.66 Å². The standard InChI is InChI=1S/C10H17I/c1-2-10(11)8-9-6-4-3-5-7-9/h8-9H,2-7H2,1H3/b10-8-. The zero-order valence-corrected chi connectivity index (χ0v) is 9.43. The van der Waals surface area contributed by atoms with Gasteiger partial charge in [-0.05, 0) is 51.4 Å². The maximum atomic E-state index is 2.49. The highest BCUT2D eigenvalue weighted by Crippen LogP contribution is 2.27. The zero-order chi connectivity index (χ0) is 8.10. The fourth-order valence-electron chi connectivity index (χ4n) is 1.67. The number of rotatable bonds is 2. The molecule has 1 fully saturated rings. The van der Waals surface area contributed by atoms with E-state index in [1.165, 1.54) is 38.5 Å². The van der Waals surface area contributed by atoms with Crippen LogP contribution >= 0.6 is 22.6 Å². The summed E-state index contributed by atoms with van der Waals surface area (Å²) in [4.78, 5) is 0. The minimum absolute atomic E-state index is 0.913. The van der Waals surface area contributed by atoms with Crippen LogP contribution < -0.4 is 0 Å². The lowest BCUT2D eigenvalue weighted by Gasteiger charge is -2.18. The van der Waals surface area contributed by atoms with Crippen LogP contribution in [0.3, 0.4) is 0 Å². The van der Waals surface area contributed by atoms with Crippen molar-refractivity contribution < 1.29 is 0 Å². The van der Waals surface area contributed by atoms with Crippen molar-refractivity contribution in [3.8, 4) is 0 Å². The van der Waals surface area contributed by atoms with E-state index in [4.69, 9.17) is 0 Å². The van der Waals surface area contributed by atoms with Crippen molar-refractivity contribution in [2.24, 2.45) is 5.92 Å². The van der Waals surface area contributed by atoms with Gasteiger partial charge in [-0.2, -0.15) is 0 Å². The topological polar surface area (TPSA) is 0 Å². The molecule has 0 saturated heterocycles. The Balaban J connectivity index is 2.34. The molecule has 1 heteroatoms. The van der Waals surface area contributed by atoms with E-state index in [0.29, 0.717) is 0 Å². The summed E-state index contributed by atoms with van der Waals surface area (Å²) in [6, 6.07) is 0. The van der Waals surface area contributed by atoms with E-state index < -0.39 is 0 Å². The predicted octanol–water partition coefficient (Wildman–Crippen LogP) is 4.30. The van der Waals surface area contributed by atoms with Gasteiger partial charge in [0.15, 0.2) is 0 Å². The third-order valence-electron chi connectivity index (χ3n) is 2.40. The highest BCUT2D eigenvalue weighted by Gasteiger charge is 2.10. The fraction of sp³-hybridized carbons (Fsp3) is 0.800. The summed E-state index contributed by atoms with van der Waals surface area (Å²) >= 11 is 2.47. The molecule has 0 aliphatic heterocycles. The molecule has 0 N–H and O–H groups in total. The first-order valence-corrected chi connectivity index (χ1v) is 5.77. The van der Waals surface area contributed by atoms with Crippen LogP contribution in [-0.2, 0) is 0 Å². The van der Waals surface area contributed by atoms with Gasteiger partial charge in [0, 0.05) is 0 Å². The van der Waals surface area contributed by atoms with Crippen LogP contribution in [0, 0.1) is 5.92 Å². The van der Waals surface area contributed by atoms with Gasteiger partial charge in [-0.1, -0.05) is 32.3 Å². The number of halogens is 1. The molecule has 1 aliphatic carbocycles. The fourth-order valence-corrected chi connectivity index (χ4v) is 2.18. The molecule has 1 aliphatic rings. The summed E-state index contributed by atoms with van der Waals surface area (Å²) in [5.74, 6) is 0.913. The summed E-state index contributed by atoms with van der Waals surface area (Å²) in [6.45, 7) is 2.24. The Bertz CT molecular complexity index is 132. The molecule has 11 heavy (non-hydrogen) atoms. The van der Waals surface area contributed by atoms with Gasteiger partial charge in [0.1, 0.15) is 0 Å². The molecule has 0 spiro atoms. The van der Waals surface area contributed by atoms with E-state index in [9.17, 15) is 0 Å². The van der Waals surface area contributed by atoms with Gasteiger partial charge in [-0.15, -0.1) is 0 Å². The third-order valence-corrected chi connectivity index (χ3v) is 3.53. The lowest BCUT2D eigenvalue weighted by Crippen LogP contribution is -2.02. The number of hydrogen-bond donors (Lipinski definition) is 0. The van der Waals surface area contributed by atoms with E-state index >= 15 is 0 Å². The largest absolute Gasteiger partial charge is 0.0721 e. The first-order chi connectivity index (χ1) is 5.33. The molecule has 0 aromatic carbocycles. The van der Waals surface area contributed by atoms with E-state index in [1.54, 1.807) is 3.58 Å². The molecule has 0 radical (unpaired) electrons. The second-order valence-electron chi connectivity index (χ2n) is 3.37. The number of hydrogen-bond acceptors (Lipinski definition) is 0. The Labute approximate surface area is 83.6 Å². The van der Waals surface area contributed by atoms with E-state index in [2.05, 4.69) is 35.6 Å². The van der Waals surface area contributed by atoms with Gasteiger partial charge in [-0.3, -0.25) is 0 Å². The molecule has 0 aromatic heterocycles. The predicted molar refractivity (Wildman–Crippen MR) is 59.0 cm³/mol. The molecule has 0 atom stereocenters. The van der Waals surface area contributed by atoms with Gasteiger partial charge in [-0.25, -0.2) is 0 Å². The molecular weight excluding hydrogens is 247 g/mol. The lowest BCUT2D eigenvalue weighted by atomic mass is 9.89. The molecule has 0 unspecified atom stereocenters. The van der Waals surface area contributed by atoms with Crippen LogP contribution in [-0.4, -0.2) is 0 Å². The Morgan fingerprint density at radius 1 is 1.36 bits per heavy atom. The van der Waals surface area contributed by atoms with Crippen molar-refractivity contribution in [2.75, 3.05) is 0 Å². The maximum Gasteiger partial charge on any atom is -0.0134 e. The van der Waals surface area contributed by atoms with Crippen LogP contribution in [0.1, 0.15) is 45.4 Å². The molecule has 0 bridgehead atoms. The van der Waals surface area contributed by atoms with Gasteiger partial charge in [0.05, 0.1) is 0 Å². The summed E-state index contributed by atoms with van der Waals surface area (Å²) in [6.07, 6.45) is 11.0. The normalized spacial score (nSPS) is 22.2. The first-order valence-electron chi connectivity index (χ1n) is 4.69. The highest BCUT2D eigenvalue weighted by atomic mass is 127. The van der Waals surface area contributed by atoms with Crippen molar-refractivity contribution in [1.82, 2.24) is 0 Å². The summed E-state index contributed by atoms with van der Waals surface area (Å²) < 4.78 is 1.55. The molecule has 1 saturated carbocycles. The number of allylic oxidation sites excluding steroid dienone is 2.